The monoisotopic (exact) mass is 247 g/mol. The van der Waals surface area contributed by atoms with Crippen LogP contribution in [0.4, 0.5) is 5.69 Å². The SMILES string of the molecule is CC[C@H](N)c1ccccc1N1CCN(C)C(=O)C1. The summed E-state index contributed by atoms with van der Waals surface area (Å²) in [5, 5.41) is 0. The van der Waals surface area contributed by atoms with Crippen LogP contribution in [0, 0.1) is 0 Å². The Morgan fingerprint density at radius 2 is 2.06 bits per heavy atom. The van der Waals surface area contributed by atoms with Crippen LogP contribution >= 0.6 is 0 Å². The minimum absolute atomic E-state index is 0.0379. The Kier molecular flexibility index (Phi) is 3.87. The number of nitrogens with two attached hydrogens (primary N) is 1. The van der Waals surface area contributed by atoms with E-state index in [4.69, 9.17) is 5.73 Å². The van der Waals surface area contributed by atoms with Gasteiger partial charge in [-0.15, -0.1) is 0 Å². The molecule has 1 fully saturated rings. The molecule has 4 nitrogen and oxygen atoms in total. The van der Waals surface area contributed by atoms with Crippen molar-refractivity contribution in [1.29, 1.82) is 0 Å². The fourth-order valence-electron chi connectivity index (χ4n) is 2.27. The van der Waals surface area contributed by atoms with Crippen molar-refractivity contribution < 1.29 is 4.79 Å². The van der Waals surface area contributed by atoms with Crippen molar-refractivity contribution >= 4 is 11.6 Å². The largest absolute Gasteiger partial charge is 0.360 e. The quantitative estimate of drug-likeness (QED) is 0.877. The number of rotatable bonds is 3. The fraction of sp³-hybridized carbons (Fsp3) is 0.500. The highest BCUT2D eigenvalue weighted by Gasteiger charge is 2.23. The highest BCUT2D eigenvalue weighted by Crippen LogP contribution is 2.27. The molecule has 1 saturated heterocycles. The van der Waals surface area contributed by atoms with Gasteiger partial charge in [0.05, 0.1) is 6.54 Å². The maximum absolute atomic E-state index is 11.8. The second-order valence-corrected chi connectivity index (χ2v) is 4.81. The second-order valence-electron chi connectivity index (χ2n) is 4.81. The van der Waals surface area contributed by atoms with Gasteiger partial charge in [-0.1, -0.05) is 25.1 Å². The van der Waals surface area contributed by atoms with Crippen LogP contribution in [0.1, 0.15) is 24.9 Å². The molecule has 2 rings (SSSR count). The summed E-state index contributed by atoms with van der Waals surface area (Å²) in [5.41, 5.74) is 8.38. The van der Waals surface area contributed by atoms with E-state index in [0.29, 0.717) is 6.54 Å². The van der Waals surface area contributed by atoms with E-state index in [1.807, 2.05) is 19.2 Å². The van der Waals surface area contributed by atoms with Crippen LogP contribution in [0.5, 0.6) is 0 Å². The second kappa shape index (κ2) is 5.40. The molecule has 1 heterocycles. The molecular weight excluding hydrogens is 226 g/mol. The molecule has 1 amide bonds. The first kappa shape index (κ1) is 12.9. The normalized spacial score (nSPS) is 18.1. The Bertz CT molecular complexity index is 433. The number of carbonyl (C=O) groups is 1. The van der Waals surface area contributed by atoms with Crippen LogP contribution in [-0.2, 0) is 4.79 Å². The van der Waals surface area contributed by atoms with Gasteiger partial charge >= 0.3 is 0 Å². The first-order valence-electron chi connectivity index (χ1n) is 6.47. The molecule has 0 saturated carbocycles. The van der Waals surface area contributed by atoms with Crippen LogP contribution in [-0.4, -0.2) is 37.5 Å². The number of anilines is 1. The van der Waals surface area contributed by atoms with Crippen molar-refractivity contribution in [3.05, 3.63) is 29.8 Å². The number of piperazine rings is 1. The fourth-order valence-corrected chi connectivity index (χ4v) is 2.27. The van der Waals surface area contributed by atoms with E-state index in [1.165, 1.54) is 0 Å². The smallest absolute Gasteiger partial charge is 0.241 e. The third-order valence-corrected chi connectivity index (χ3v) is 3.57. The number of amides is 1. The number of benzene rings is 1. The minimum atomic E-state index is 0.0379. The molecule has 0 bridgehead atoms. The molecule has 1 aliphatic heterocycles. The number of hydrogen-bond acceptors (Lipinski definition) is 3. The Hall–Kier alpha value is -1.55. The van der Waals surface area contributed by atoms with Crippen molar-refractivity contribution in [3.8, 4) is 0 Å². The number of nitrogens with zero attached hydrogens (tertiary/aromatic N) is 2. The Labute approximate surface area is 108 Å². The topological polar surface area (TPSA) is 49.6 Å². The lowest BCUT2D eigenvalue weighted by Crippen LogP contribution is -2.49. The van der Waals surface area contributed by atoms with Crippen LogP contribution in [0.3, 0.4) is 0 Å². The summed E-state index contributed by atoms with van der Waals surface area (Å²) in [6, 6.07) is 8.17. The lowest BCUT2D eigenvalue weighted by atomic mass is 10.0. The molecule has 0 spiro atoms. The lowest BCUT2D eigenvalue weighted by Gasteiger charge is -2.35. The summed E-state index contributed by atoms with van der Waals surface area (Å²) < 4.78 is 0. The third-order valence-electron chi connectivity index (χ3n) is 3.57. The molecule has 0 aliphatic carbocycles. The molecule has 1 aliphatic rings. The third kappa shape index (κ3) is 2.48. The van der Waals surface area contributed by atoms with Gasteiger partial charge in [-0.05, 0) is 18.1 Å². The highest BCUT2D eigenvalue weighted by molar-refractivity contribution is 5.83. The van der Waals surface area contributed by atoms with Crippen molar-refractivity contribution in [3.63, 3.8) is 0 Å². The number of likely N-dealkylation sites (N-methyl/N-ethyl adjacent to an activating group) is 1. The van der Waals surface area contributed by atoms with E-state index in [-0.39, 0.29) is 11.9 Å². The molecule has 0 radical (unpaired) electrons. The molecule has 18 heavy (non-hydrogen) atoms. The van der Waals surface area contributed by atoms with Gasteiger partial charge in [0, 0.05) is 31.9 Å². The summed E-state index contributed by atoms with van der Waals surface area (Å²) >= 11 is 0. The van der Waals surface area contributed by atoms with E-state index in [1.54, 1.807) is 4.90 Å². The van der Waals surface area contributed by atoms with Gasteiger partial charge < -0.3 is 15.5 Å². The van der Waals surface area contributed by atoms with Gasteiger partial charge in [0.15, 0.2) is 0 Å². The predicted molar refractivity (Wildman–Crippen MR) is 73.5 cm³/mol. The zero-order chi connectivity index (χ0) is 13.1. The zero-order valence-corrected chi connectivity index (χ0v) is 11.1. The highest BCUT2D eigenvalue weighted by atomic mass is 16.2. The van der Waals surface area contributed by atoms with Gasteiger partial charge in [-0.3, -0.25) is 4.79 Å². The molecule has 4 heteroatoms. The first-order valence-corrected chi connectivity index (χ1v) is 6.47. The Morgan fingerprint density at radius 3 is 2.72 bits per heavy atom. The predicted octanol–water partition coefficient (Wildman–Crippen LogP) is 1.37. The average Bonchev–Trinajstić information content (AvgIpc) is 2.41. The summed E-state index contributed by atoms with van der Waals surface area (Å²) in [6.07, 6.45) is 0.901. The van der Waals surface area contributed by atoms with Gasteiger partial charge in [0.2, 0.25) is 5.91 Å². The molecule has 1 aromatic rings. The first-order chi connectivity index (χ1) is 8.63. The van der Waals surface area contributed by atoms with E-state index < -0.39 is 0 Å². The Morgan fingerprint density at radius 1 is 1.33 bits per heavy atom. The van der Waals surface area contributed by atoms with Crippen molar-refractivity contribution in [2.45, 2.75) is 19.4 Å². The molecule has 1 atom stereocenters. The van der Waals surface area contributed by atoms with Crippen LogP contribution in [0.2, 0.25) is 0 Å². The van der Waals surface area contributed by atoms with Crippen LogP contribution < -0.4 is 10.6 Å². The van der Waals surface area contributed by atoms with E-state index in [0.717, 1.165) is 30.8 Å². The van der Waals surface area contributed by atoms with Crippen molar-refractivity contribution in [1.82, 2.24) is 4.90 Å². The molecule has 2 N–H and O–H groups in total. The van der Waals surface area contributed by atoms with Gasteiger partial charge in [-0.25, -0.2) is 0 Å². The van der Waals surface area contributed by atoms with Gasteiger partial charge in [-0.2, -0.15) is 0 Å². The van der Waals surface area contributed by atoms with E-state index in [2.05, 4.69) is 24.0 Å². The van der Waals surface area contributed by atoms with Crippen LogP contribution in [0.15, 0.2) is 24.3 Å². The summed E-state index contributed by atoms with van der Waals surface area (Å²) in [7, 11) is 1.85. The Balaban J connectivity index is 2.25. The van der Waals surface area contributed by atoms with E-state index >= 15 is 0 Å². The standard InChI is InChI=1S/C14H21N3O/c1-3-12(15)11-6-4-5-7-13(11)17-9-8-16(2)14(18)10-17/h4-7,12H,3,8-10,15H2,1-2H3/t12-/m0/s1. The molecule has 1 aromatic carbocycles. The van der Waals surface area contributed by atoms with Crippen molar-refractivity contribution in [2.24, 2.45) is 5.73 Å². The summed E-state index contributed by atoms with van der Waals surface area (Å²) in [4.78, 5) is 15.7. The molecular formula is C14H21N3O. The van der Waals surface area contributed by atoms with Gasteiger partial charge in [0.25, 0.3) is 0 Å². The number of carbonyl (C=O) groups excluding carboxylic acids is 1. The zero-order valence-electron chi connectivity index (χ0n) is 11.1. The van der Waals surface area contributed by atoms with Crippen molar-refractivity contribution in [2.75, 3.05) is 31.6 Å². The maximum atomic E-state index is 11.8. The minimum Gasteiger partial charge on any atom is -0.360 e. The molecule has 0 unspecified atom stereocenters. The molecule has 98 valence electrons. The molecule has 0 aromatic heterocycles. The van der Waals surface area contributed by atoms with Crippen LogP contribution in [0.25, 0.3) is 0 Å². The summed E-state index contributed by atoms with van der Waals surface area (Å²) in [6.45, 7) is 4.17. The van der Waals surface area contributed by atoms with E-state index in [9.17, 15) is 4.79 Å². The number of hydrogen-bond donors (Lipinski definition) is 1. The lowest BCUT2D eigenvalue weighted by molar-refractivity contribution is -0.129. The average molecular weight is 247 g/mol. The summed E-state index contributed by atoms with van der Waals surface area (Å²) in [5.74, 6) is 0.168. The maximum Gasteiger partial charge on any atom is 0.241 e. The number of para-hydroxylation sites is 1. The van der Waals surface area contributed by atoms with Gasteiger partial charge in [0.1, 0.15) is 0 Å².